The number of benzene rings is 3. The van der Waals surface area contributed by atoms with Crippen molar-refractivity contribution in [2.45, 2.75) is 36.6 Å². The SMILES string of the molecule is CC(Sc1cccc(NC(=O)c2ccccc2C(=O)O)c1)C(=O)Nc1sc2c(c1C#N)CCN(Cc1ccccc1)C2. The van der Waals surface area contributed by atoms with E-state index in [0.717, 1.165) is 41.4 Å². The van der Waals surface area contributed by atoms with Crippen LogP contribution >= 0.6 is 23.1 Å². The fourth-order valence-electron chi connectivity index (χ4n) is 4.82. The highest BCUT2D eigenvalue weighted by Gasteiger charge is 2.26. The van der Waals surface area contributed by atoms with Crippen LogP contribution in [0.5, 0.6) is 0 Å². The number of nitriles is 1. The summed E-state index contributed by atoms with van der Waals surface area (Å²) in [4.78, 5) is 41.7. The molecule has 0 radical (unpaired) electrons. The molecule has 10 heteroatoms. The number of thiophene rings is 1. The maximum absolute atomic E-state index is 13.2. The predicted molar refractivity (Wildman–Crippen MR) is 165 cm³/mol. The maximum atomic E-state index is 13.2. The van der Waals surface area contributed by atoms with E-state index in [1.54, 1.807) is 37.3 Å². The second-order valence-electron chi connectivity index (χ2n) is 9.85. The van der Waals surface area contributed by atoms with E-state index in [0.29, 0.717) is 16.3 Å². The van der Waals surface area contributed by atoms with E-state index < -0.39 is 17.1 Å². The molecule has 5 rings (SSSR count). The number of thioether (sulfide) groups is 1. The number of hydrogen-bond acceptors (Lipinski definition) is 7. The highest BCUT2D eigenvalue weighted by molar-refractivity contribution is 8.00. The zero-order chi connectivity index (χ0) is 29.6. The first-order chi connectivity index (χ1) is 20.3. The Morgan fingerprint density at radius 2 is 1.76 bits per heavy atom. The third-order valence-corrected chi connectivity index (χ3v) is 9.14. The van der Waals surface area contributed by atoms with Crippen LogP contribution in [0.25, 0.3) is 0 Å². The van der Waals surface area contributed by atoms with Gasteiger partial charge in [0.1, 0.15) is 11.1 Å². The standard InChI is InChI=1S/C32H28N4O4S2/c1-20(41-23-11-7-10-22(16-23)34-30(38)25-12-5-6-13-26(25)32(39)40)29(37)35-31-27(17-33)24-14-15-36(19-28(24)42-31)18-21-8-3-2-4-9-21/h2-13,16,20H,14-15,18-19H2,1H3,(H,34,38)(H,35,37)(H,39,40). The molecule has 1 aliphatic rings. The summed E-state index contributed by atoms with van der Waals surface area (Å²) in [7, 11) is 0. The first-order valence-corrected chi connectivity index (χ1v) is 15.0. The molecule has 3 aromatic carbocycles. The van der Waals surface area contributed by atoms with Crippen molar-refractivity contribution in [1.82, 2.24) is 4.90 Å². The summed E-state index contributed by atoms with van der Waals surface area (Å²) in [6.45, 7) is 4.21. The number of fused-ring (bicyclic) bond motifs is 1. The molecule has 2 heterocycles. The number of nitrogens with zero attached hydrogens (tertiary/aromatic N) is 2. The number of carbonyl (C=O) groups is 3. The number of anilines is 2. The third-order valence-electron chi connectivity index (χ3n) is 6.91. The van der Waals surface area contributed by atoms with Gasteiger partial charge in [0.2, 0.25) is 5.91 Å². The molecule has 1 atom stereocenters. The summed E-state index contributed by atoms with van der Waals surface area (Å²) >= 11 is 2.79. The highest BCUT2D eigenvalue weighted by Crippen LogP contribution is 2.37. The average molecular weight is 597 g/mol. The molecular formula is C32H28N4O4S2. The normalized spacial score (nSPS) is 13.4. The van der Waals surface area contributed by atoms with Crippen molar-refractivity contribution in [3.05, 3.63) is 112 Å². The van der Waals surface area contributed by atoms with Crippen LogP contribution in [0.15, 0.2) is 83.8 Å². The largest absolute Gasteiger partial charge is 0.478 e. The minimum Gasteiger partial charge on any atom is -0.478 e. The van der Waals surface area contributed by atoms with Crippen LogP contribution in [0.3, 0.4) is 0 Å². The highest BCUT2D eigenvalue weighted by atomic mass is 32.2. The summed E-state index contributed by atoms with van der Waals surface area (Å²) in [5.74, 6) is -1.93. The third kappa shape index (κ3) is 6.71. The number of aromatic carboxylic acids is 1. The lowest BCUT2D eigenvalue weighted by molar-refractivity contribution is -0.115. The topological polar surface area (TPSA) is 123 Å². The molecule has 3 N–H and O–H groups in total. The van der Waals surface area contributed by atoms with Gasteiger partial charge in [0, 0.05) is 35.1 Å². The number of carboxylic acids is 1. The van der Waals surface area contributed by atoms with Crippen molar-refractivity contribution < 1.29 is 19.5 Å². The minimum atomic E-state index is -1.18. The molecule has 1 aromatic heterocycles. The lowest BCUT2D eigenvalue weighted by Crippen LogP contribution is -2.29. The van der Waals surface area contributed by atoms with Crippen LogP contribution < -0.4 is 10.6 Å². The Bertz CT molecular complexity index is 1680. The second kappa shape index (κ2) is 13.0. The van der Waals surface area contributed by atoms with Crippen LogP contribution in [0, 0.1) is 11.3 Å². The zero-order valence-corrected chi connectivity index (χ0v) is 24.4. The van der Waals surface area contributed by atoms with E-state index in [9.17, 15) is 24.8 Å². The molecule has 0 fully saturated rings. The zero-order valence-electron chi connectivity index (χ0n) is 22.8. The van der Waals surface area contributed by atoms with E-state index in [1.165, 1.54) is 40.8 Å². The second-order valence-corrected chi connectivity index (χ2v) is 12.4. The molecule has 0 aliphatic carbocycles. The van der Waals surface area contributed by atoms with Gasteiger partial charge < -0.3 is 15.7 Å². The fraction of sp³-hybridized carbons (Fsp3) is 0.188. The molecule has 4 aromatic rings. The Morgan fingerprint density at radius 1 is 1.02 bits per heavy atom. The van der Waals surface area contributed by atoms with Crippen LogP contribution in [-0.4, -0.2) is 39.6 Å². The molecule has 8 nitrogen and oxygen atoms in total. The van der Waals surface area contributed by atoms with Gasteiger partial charge in [0.15, 0.2) is 0 Å². The van der Waals surface area contributed by atoms with Crippen molar-refractivity contribution in [2.75, 3.05) is 17.2 Å². The lowest BCUT2D eigenvalue weighted by atomic mass is 10.0. The number of hydrogen-bond donors (Lipinski definition) is 3. The quantitative estimate of drug-likeness (QED) is 0.195. The van der Waals surface area contributed by atoms with E-state index in [2.05, 4.69) is 33.7 Å². The Morgan fingerprint density at radius 3 is 2.50 bits per heavy atom. The van der Waals surface area contributed by atoms with Gasteiger partial charge >= 0.3 is 5.97 Å². The van der Waals surface area contributed by atoms with Gasteiger partial charge in [0.05, 0.1) is 21.9 Å². The van der Waals surface area contributed by atoms with Gasteiger partial charge in [0.25, 0.3) is 5.91 Å². The van der Waals surface area contributed by atoms with Gasteiger partial charge in [-0.1, -0.05) is 48.5 Å². The molecule has 0 spiro atoms. The van der Waals surface area contributed by atoms with Gasteiger partial charge in [-0.3, -0.25) is 14.5 Å². The number of carbonyl (C=O) groups excluding carboxylic acids is 2. The Hall–Kier alpha value is -4.43. The fourth-order valence-corrected chi connectivity index (χ4v) is 6.99. The molecule has 1 unspecified atom stereocenters. The summed E-state index contributed by atoms with van der Waals surface area (Å²) < 4.78 is 0. The Balaban J connectivity index is 1.22. The van der Waals surface area contributed by atoms with Crippen molar-refractivity contribution >= 4 is 51.6 Å². The van der Waals surface area contributed by atoms with Crippen molar-refractivity contribution in [1.29, 1.82) is 5.26 Å². The predicted octanol–water partition coefficient (Wildman–Crippen LogP) is 6.25. The van der Waals surface area contributed by atoms with E-state index in [4.69, 9.17) is 0 Å². The number of carboxylic acid groups (broad SMARTS) is 1. The van der Waals surface area contributed by atoms with Gasteiger partial charge in [-0.05, 0) is 54.8 Å². The summed E-state index contributed by atoms with van der Waals surface area (Å²) in [6.07, 6.45) is 0.761. The Kier molecular flexibility index (Phi) is 9.03. The van der Waals surface area contributed by atoms with Gasteiger partial charge in [-0.25, -0.2) is 4.79 Å². The molecule has 0 bridgehead atoms. The van der Waals surface area contributed by atoms with Crippen molar-refractivity contribution in [2.24, 2.45) is 0 Å². The van der Waals surface area contributed by atoms with Crippen LogP contribution in [0.1, 0.15) is 49.2 Å². The first-order valence-electron chi connectivity index (χ1n) is 13.3. The van der Waals surface area contributed by atoms with Crippen molar-refractivity contribution in [3.8, 4) is 6.07 Å². The van der Waals surface area contributed by atoms with Crippen molar-refractivity contribution in [3.63, 3.8) is 0 Å². The van der Waals surface area contributed by atoms with Gasteiger partial charge in [-0.15, -0.1) is 23.1 Å². The minimum absolute atomic E-state index is 0.0610. The van der Waals surface area contributed by atoms with Crippen LogP contribution in [-0.2, 0) is 24.3 Å². The maximum Gasteiger partial charge on any atom is 0.336 e. The molecular weight excluding hydrogens is 569 g/mol. The average Bonchev–Trinajstić information content (AvgIpc) is 3.33. The number of rotatable bonds is 9. The molecule has 0 saturated carbocycles. The lowest BCUT2D eigenvalue weighted by Gasteiger charge is -2.26. The molecule has 1 aliphatic heterocycles. The monoisotopic (exact) mass is 596 g/mol. The van der Waals surface area contributed by atoms with E-state index in [-0.39, 0.29) is 17.0 Å². The molecule has 2 amide bonds. The smallest absolute Gasteiger partial charge is 0.336 e. The summed E-state index contributed by atoms with van der Waals surface area (Å²) in [6, 6.07) is 25.6. The molecule has 0 saturated heterocycles. The summed E-state index contributed by atoms with van der Waals surface area (Å²) in [5.41, 5.74) is 3.27. The number of amides is 2. The number of nitrogens with one attached hydrogen (secondary N) is 2. The van der Waals surface area contributed by atoms with E-state index >= 15 is 0 Å². The molecule has 212 valence electrons. The van der Waals surface area contributed by atoms with Crippen LogP contribution in [0.2, 0.25) is 0 Å². The van der Waals surface area contributed by atoms with E-state index in [1.807, 2.05) is 24.3 Å². The first kappa shape index (κ1) is 29.1. The van der Waals surface area contributed by atoms with Gasteiger partial charge in [-0.2, -0.15) is 5.26 Å². The summed E-state index contributed by atoms with van der Waals surface area (Å²) in [5, 5.41) is 25.1. The van der Waals surface area contributed by atoms with Crippen LogP contribution in [0.4, 0.5) is 10.7 Å². The molecule has 42 heavy (non-hydrogen) atoms. The Labute approximate surface area is 252 Å².